The van der Waals surface area contributed by atoms with E-state index in [1.54, 1.807) is 0 Å². The summed E-state index contributed by atoms with van der Waals surface area (Å²) in [6.45, 7) is 0. The lowest BCUT2D eigenvalue weighted by Crippen LogP contribution is -2.24. The molecule has 0 saturated carbocycles. The third-order valence-corrected chi connectivity index (χ3v) is 12.2. The topological polar surface area (TPSA) is 43.1 Å². The lowest BCUT2D eigenvalue weighted by Gasteiger charge is -2.20. The second kappa shape index (κ2) is 10.9. The van der Waals surface area contributed by atoms with E-state index in [4.69, 9.17) is 9.40 Å². The summed E-state index contributed by atoms with van der Waals surface area (Å²) in [6, 6.07) is 57.1. The molecular formula is C43H28NO2P. The molecule has 2 aromatic heterocycles. The van der Waals surface area contributed by atoms with Gasteiger partial charge in [-0.05, 0) is 29.3 Å². The number of para-hydroxylation sites is 1. The number of pyridine rings is 1. The van der Waals surface area contributed by atoms with Gasteiger partial charge in [0, 0.05) is 48.4 Å². The molecule has 222 valence electrons. The van der Waals surface area contributed by atoms with E-state index in [1.165, 1.54) is 0 Å². The Balaban J connectivity index is 1.25. The Hall–Kier alpha value is -5.76. The van der Waals surface area contributed by atoms with Crippen molar-refractivity contribution < 1.29 is 8.98 Å². The van der Waals surface area contributed by atoms with E-state index in [9.17, 15) is 4.57 Å². The van der Waals surface area contributed by atoms with Crippen LogP contribution in [0.5, 0.6) is 0 Å². The molecule has 0 aliphatic rings. The SMILES string of the molecule is O=P(c1ccccc1)(c1ccccc1)c1ccc(-c2cccc3oc4c(ccc5c(-c6ccccc6)nc6ccccc6c54)c23)cc1. The molecule has 47 heavy (non-hydrogen) atoms. The van der Waals surface area contributed by atoms with Crippen LogP contribution in [0.15, 0.2) is 174 Å². The van der Waals surface area contributed by atoms with Gasteiger partial charge in [-0.1, -0.05) is 152 Å². The van der Waals surface area contributed by atoms with Gasteiger partial charge in [0.1, 0.15) is 11.2 Å². The van der Waals surface area contributed by atoms with Crippen molar-refractivity contribution in [3.8, 4) is 22.4 Å². The summed E-state index contributed by atoms with van der Waals surface area (Å²) in [6.07, 6.45) is 0. The van der Waals surface area contributed by atoms with Crippen LogP contribution in [-0.2, 0) is 4.57 Å². The summed E-state index contributed by atoms with van der Waals surface area (Å²) in [5, 5.41) is 7.77. The van der Waals surface area contributed by atoms with E-state index in [0.29, 0.717) is 0 Å². The largest absolute Gasteiger partial charge is 0.455 e. The summed E-state index contributed by atoms with van der Waals surface area (Å²) < 4.78 is 21.7. The molecule has 0 bridgehead atoms. The molecule has 0 N–H and O–H groups in total. The van der Waals surface area contributed by atoms with Gasteiger partial charge in [-0.2, -0.15) is 0 Å². The lowest BCUT2D eigenvalue weighted by atomic mass is 9.95. The number of rotatable bonds is 5. The van der Waals surface area contributed by atoms with Gasteiger partial charge in [-0.3, -0.25) is 0 Å². The molecule has 7 aromatic carbocycles. The third kappa shape index (κ3) is 4.35. The Labute approximate surface area is 272 Å². The molecule has 2 heterocycles. The van der Waals surface area contributed by atoms with Crippen LogP contribution in [0.4, 0.5) is 0 Å². The van der Waals surface area contributed by atoms with Crippen molar-refractivity contribution in [2.75, 3.05) is 0 Å². The van der Waals surface area contributed by atoms with Gasteiger partial charge in [-0.25, -0.2) is 4.98 Å². The van der Waals surface area contributed by atoms with E-state index in [0.717, 1.165) is 81.9 Å². The predicted octanol–water partition coefficient (Wildman–Crippen LogP) is 10.3. The van der Waals surface area contributed by atoms with Crippen LogP contribution in [0, 0.1) is 0 Å². The van der Waals surface area contributed by atoms with Gasteiger partial charge in [0.15, 0.2) is 7.14 Å². The van der Waals surface area contributed by atoms with Gasteiger partial charge in [0.25, 0.3) is 0 Å². The minimum Gasteiger partial charge on any atom is -0.455 e. The molecular weight excluding hydrogens is 593 g/mol. The molecule has 0 radical (unpaired) electrons. The zero-order chi connectivity index (χ0) is 31.4. The Kier molecular flexibility index (Phi) is 6.41. The second-order valence-corrected chi connectivity index (χ2v) is 14.6. The fourth-order valence-corrected chi connectivity index (χ4v) is 9.60. The van der Waals surface area contributed by atoms with Crippen molar-refractivity contribution >= 4 is 66.7 Å². The third-order valence-electron chi connectivity index (χ3n) is 9.15. The Morgan fingerprint density at radius 1 is 0.447 bits per heavy atom. The van der Waals surface area contributed by atoms with Crippen molar-refractivity contribution in [3.05, 3.63) is 170 Å². The van der Waals surface area contributed by atoms with Gasteiger partial charge in [0.2, 0.25) is 0 Å². The van der Waals surface area contributed by atoms with Crippen molar-refractivity contribution in [2.45, 2.75) is 0 Å². The number of hydrogen-bond acceptors (Lipinski definition) is 3. The molecule has 0 aliphatic carbocycles. The highest BCUT2D eigenvalue weighted by atomic mass is 31.2. The summed E-state index contributed by atoms with van der Waals surface area (Å²) in [5.74, 6) is 0. The minimum absolute atomic E-state index is 0.807. The van der Waals surface area contributed by atoms with Gasteiger partial charge in [0.05, 0.1) is 11.2 Å². The summed E-state index contributed by atoms with van der Waals surface area (Å²) in [4.78, 5) is 5.11. The first-order valence-corrected chi connectivity index (χ1v) is 17.5. The van der Waals surface area contributed by atoms with E-state index in [-0.39, 0.29) is 0 Å². The summed E-state index contributed by atoms with van der Waals surface area (Å²) in [5.41, 5.74) is 6.75. The highest BCUT2D eigenvalue weighted by Gasteiger charge is 2.29. The number of fused-ring (bicyclic) bond motifs is 7. The van der Waals surface area contributed by atoms with Crippen molar-refractivity contribution in [3.63, 3.8) is 0 Å². The van der Waals surface area contributed by atoms with E-state index in [2.05, 4.69) is 60.7 Å². The lowest BCUT2D eigenvalue weighted by molar-refractivity contribution is 0.592. The van der Waals surface area contributed by atoms with Crippen LogP contribution in [0.25, 0.3) is 66.0 Å². The maximum atomic E-state index is 15.0. The van der Waals surface area contributed by atoms with Crippen molar-refractivity contribution in [2.24, 2.45) is 0 Å². The van der Waals surface area contributed by atoms with Gasteiger partial charge in [-0.15, -0.1) is 0 Å². The first kappa shape index (κ1) is 27.5. The quantitative estimate of drug-likeness (QED) is 0.142. The molecule has 0 amide bonds. The number of benzene rings is 7. The molecule has 0 saturated heterocycles. The number of hydrogen-bond donors (Lipinski definition) is 0. The van der Waals surface area contributed by atoms with Crippen molar-refractivity contribution in [1.29, 1.82) is 0 Å². The first-order valence-electron chi connectivity index (χ1n) is 15.7. The molecule has 0 fully saturated rings. The average Bonchev–Trinajstić information content (AvgIpc) is 3.54. The first-order chi connectivity index (χ1) is 23.2. The summed E-state index contributed by atoms with van der Waals surface area (Å²) >= 11 is 0. The highest BCUT2D eigenvalue weighted by Crippen LogP contribution is 2.45. The standard InChI is InChI=1S/C43H28NO2P/c45-47(31-15-6-2-7-16-31,32-17-8-3-9-18-32)33-25-23-29(24-26-33)34-20-12-22-39-40(34)37-28-27-36-41(43(37)46-39)35-19-10-11-21-38(35)44-42(36)30-13-4-1-5-14-30/h1-28H. The Morgan fingerprint density at radius 2 is 1.04 bits per heavy atom. The molecule has 9 aromatic rings. The molecule has 4 heteroatoms. The Bertz CT molecular complexity index is 2590. The molecule has 0 aliphatic heterocycles. The van der Waals surface area contributed by atoms with Crippen molar-refractivity contribution in [1.82, 2.24) is 4.98 Å². The zero-order valence-electron chi connectivity index (χ0n) is 25.4. The zero-order valence-corrected chi connectivity index (χ0v) is 26.3. The smallest absolute Gasteiger partial charge is 0.171 e. The van der Waals surface area contributed by atoms with Crippen LogP contribution >= 0.6 is 7.14 Å². The fraction of sp³-hybridized carbons (Fsp3) is 0. The molecule has 3 nitrogen and oxygen atoms in total. The van der Waals surface area contributed by atoms with Crippen LogP contribution in [0.2, 0.25) is 0 Å². The van der Waals surface area contributed by atoms with Crippen LogP contribution in [0.3, 0.4) is 0 Å². The highest BCUT2D eigenvalue weighted by molar-refractivity contribution is 7.85. The maximum absolute atomic E-state index is 15.0. The minimum atomic E-state index is -3.07. The van der Waals surface area contributed by atoms with Crippen LogP contribution < -0.4 is 15.9 Å². The van der Waals surface area contributed by atoms with Gasteiger partial charge < -0.3 is 8.98 Å². The fourth-order valence-electron chi connectivity index (χ4n) is 6.95. The molecule has 0 atom stereocenters. The molecule has 9 rings (SSSR count). The number of furan rings is 1. The molecule has 0 spiro atoms. The van der Waals surface area contributed by atoms with Crippen LogP contribution in [-0.4, -0.2) is 4.98 Å². The van der Waals surface area contributed by atoms with Crippen LogP contribution in [0.1, 0.15) is 0 Å². The second-order valence-electron chi connectivity index (χ2n) is 11.8. The normalized spacial score (nSPS) is 11.9. The van der Waals surface area contributed by atoms with Gasteiger partial charge >= 0.3 is 0 Å². The number of nitrogens with zero attached hydrogens (tertiary/aromatic N) is 1. The predicted molar refractivity (Wildman–Crippen MR) is 197 cm³/mol. The number of aromatic nitrogens is 1. The maximum Gasteiger partial charge on any atom is 0.171 e. The van der Waals surface area contributed by atoms with E-state index in [1.807, 2.05) is 109 Å². The average molecular weight is 622 g/mol. The Morgan fingerprint density at radius 3 is 1.74 bits per heavy atom. The monoisotopic (exact) mass is 621 g/mol. The summed E-state index contributed by atoms with van der Waals surface area (Å²) in [7, 11) is -3.07. The molecule has 0 unspecified atom stereocenters. The van der Waals surface area contributed by atoms with E-state index >= 15 is 0 Å². The van der Waals surface area contributed by atoms with E-state index < -0.39 is 7.14 Å².